The standard InChI is InChI=1S/C10H14N2O2/c1-2-11-7-10(14)12-8-3-5-9(13)6-4-8/h3-6,11,13H,2,7H2,1H3,(H,12,14). The van der Waals surface area contributed by atoms with Gasteiger partial charge in [-0.15, -0.1) is 0 Å². The van der Waals surface area contributed by atoms with Gasteiger partial charge in [-0.25, -0.2) is 0 Å². The van der Waals surface area contributed by atoms with Crippen molar-refractivity contribution in [3.63, 3.8) is 0 Å². The Hall–Kier alpha value is -1.55. The average Bonchev–Trinajstić information content (AvgIpc) is 2.18. The number of nitrogens with one attached hydrogen (secondary N) is 2. The van der Waals surface area contributed by atoms with Crippen molar-refractivity contribution in [1.29, 1.82) is 0 Å². The van der Waals surface area contributed by atoms with E-state index in [-0.39, 0.29) is 11.7 Å². The maximum atomic E-state index is 11.2. The third-order valence-electron chi connectivity index (χ3n) is 1.69. The van der Waals surface area contributed by atoms with Gasteiger partial charge in [0.2, 0.25) is 5.91 Å². The van der Waals surface area contributed by atoms with Crippen LogP contribution < -0.4 is 10.6 Å². The average molecular weight is 194 g/mol. The van der Waals surface area contributed by atoms with E-state index >= 15 is 0 Å². The Morgan fingerprint density at radius 1 is 1.36 bits per heavy atom. The molecule has 0 spiro atoms. The number of hydrogen-bond acceptors (Lipinski definition) is 3. The van der Waals surface area contributed by atoms with Crippen LogP contribution >= 0.6 is 0 Å². The van der Waals surface area contributed by atoms with Crippen LogP contribution in [0.25, 0.3) is 0 Å². The van der Waals surface area contributed by atoms with Gasteiger partial charge in [-0.2, -0.15) is 0 Å². The predicted molar refractivity (Wildman–Crippen MR) is 55.3 cm³/mol. The van der Waals surface area contributed by atoms with Crippen LogP contribution in [0.2, 0.25) is 0 Å². The van der Waals surface area contributed by atoms with Gasteiger partial charge < -0.3 is 15.7 Å². The van der Waals surface area contributed by atoms with Crippen molar-refractivity contribution in [1.82, 2.24) is 5.32 Å². The Morgan fingerprint density at radius 2 is 2.00 bits per heavy atom. The number of carbonyl (C=O) groups is 1. The molecule has 3 N–H and O–H groups in total. The lowest BCUT2D eigenvalue weighted by Crippen LogP contribution is -2.27. The second-order valence-electron chi connectivity index (χ2n) is 2.88. The first kappa shape index (κ1) is 10.5. The van der Waals surface area contributed by atoms with E-state index in [2.05, 4.69) is 10.6 Å². The summed E-state index contributed by atoms with van der Waals surface area (Å²) >= 11 is 0. The topological polar surface area (TPSA) is 61.4 Å². The first-order valence-corrected chi connectivity index (χ1v) is 4.52. The van der Waals surface area contributed by atoms with E-state index in [1.54, 1.807) is 12.1 Å². The van der Waals surface area contributed by atoms with Crippen LogP contribution in [0.15, 0.2) is 24.3 Å². The summed E-state index contributed by atoms with van der Waals surface area (Å²) in [5.74, 6) is 0.104. The second kappa shape index (κ2) is 5.24. The minimum absolute atomic E-state index is 0.0856. The smallest absolute Gasteiger partial charge is 0.238 e. The third-order valence-corrected chi connectivity index (χ3v) is 1.69. The summed E-state index contributed by atoms with van der Waals surface area (Å²) < 4.78 is 0. The maximum Gasteiger partial charge on any atom is 0.238 e. The molecule has 0 atom stereocenters. The summed E-state index contributed by atoms with van der Waals surface area (Å²) in [6.07, 6.45) is 0. The van der Waals surface area contributed by atoms with Crippen molar-refractivity contribution >= 4 is 11.6 Å². The molecular weight excluding hydrogens is 180 g/mol. The van der Waals surface area contributed by atoms with Crippen molar-refractivity contribution in [3.05, 3.63) is 24.3 Å². The van der Waals surface area contributed by atoms with Crippen LogP contribution in [0, 0.1) is 0 Å². The zero-order valence-electron chi connectivity index (χ0n) is 8.08. The number of rotatable bonds is 4. The van der Waals surface area contributed by atoms with Crippen molar-refractivity contribution in [2.75, 3.05) is 18.4 Å². The molecule has 0 bridgehead atoms. The van der Waals surface area contributed by atoms with Crippen molar-refractivity contribution < 1.29 is 9.90 Å². The lowest BCUT2D eigenvalue weighted by atomic mass is 10.3. The second-order valence-corrected chi connectivity index (χ2v) is 2.88. The maximum absolute atomic E-state index is 11.2. The Balaban J connectivity index is 2.44. The van der Waals surface area contributed by atoms with Crippen LogP contribution in [0.1, 0.15) is 6.92 Å². The Labute approximate surface area is 82.9 Å². The van der Waals surface area contributed by atoms with Gasteiger partial charge in [0.1, 0.15) is 5.75 Å². The summed E-state index contributed by atoms with van der Waals surface area (Å²) in [6.45, 7) is 3.01. The number of anilines is 1. The lowest BCUT2D eigenvalue weighted by molar-refractivity contribution is -0.115. The van der Waals surface area contributed by atoms with Crippen LogP contribution in [-0.4, -0.2) is 24.1 Å². The Bertz CT molecular complexity index is 295. The molecule has 1 amide bonds. The molecule has 0 saturated heterocycles. The van der Waals surface area contributed by atoms with Crippen LogP contribution in [0.4, 0.5) is 5.69 Å². The summed E-state index contributed by atoms with van der Waals surface area (Å²) in [5, 5.41) is 14.6. The number of amides is 1. The van der Waals surface area contributed by atoms with Crippen LogP contribution in [0.5, 0.6) is 5.75 Å². The molecule has 1 aromatic rings. The molecule has 0 aliphatic rings. The van der Waals surface area contributed by atoms with Crippen LogP contribution in [0.3, 0.4) is 0 Å². The van der Waals surface area contributed by atoms with Crippen molar-refractivity contribution in [2.45, 2.75) is 6.92 Å². The van der Waals surface area contributed by atoms with Gasteiger partial charge >= 0.3 is 0 Å². The zero-order chi connectivity index (χ0) is 10.4. The number of benzene rings is 1. The molecule has 0 fully saturated rings. The lowest BCUT2D eigenvalue weighted by Gasteiger charge is -2.04. The van der Waals surface area contributed by atoms with E-state index in [0.717, 1.165) is 6.54 Å². The molecule has 0 heterocycles. The predicted octanol–water partition coefficient (Wildman–Crippen LogP) is 0.940. The number of likely N-dealkylation sites (N-methyl/N-ethyl adjacent to an activating group) is 1. The summed E-state index contributed by atoms with van der Waals surface area (Å²) in [5.41, 5.74) is 0.686. The van der Waals surface area contributed by atoms with Gasteiger partial charge in [0.25, 0.3) is 0 Å². The molecule has 4 nitrogen and oxygen atoms in total. The zero-order valence-corrected chi connectivity index (χ0v) is 8.08. The molecule has 1 aromatic carbocycles. The highest BCUT2D eigenvalue weighted by atomic mass is 16.3. The number of carbonyl (C=O) groups excluding carboxylic acids is 1. The van der Waals surface area contributed by atoms with E-state index in [9.17, 15) is 4.79 Å². The number of hydrogen-bond donors (Lipinski definition) is 3. The minimum Gasteiger partial charge on any atom is -0.508 e. The van der Waals surface area contributed by atoms with Gasteiger partial charge in [-0.1, -0.05) is 6.92 Å². The highest BCUT2D eigenvalue weighted by Crippen LogP contribution is 2.13. The fourth-order valence-electron chi connectivity index (χ4n) is 0.988. The van der Waals surface area contributed by atoms with Crippen molar-refractivity contribution in [3.8, 4) is 5.75 Å². The normalized spacial score (nSPS) is 9.79. The molecule has 4 heteroatoms. The fraction of sp³-hybridized carbons (Fsp3) is 0.300. The fourth-order valence-corrected chi connectivity index (χ4v) is 0.988. The monoisotopic (exact) mass is 194 g/mol. The minimum atomic E-state index is -0.0856. The van der Waals surface area contributed by atoms with Crippen molar-refractivity contribution in [2.24, 2.45) is 0 Å². The Morgan fingerprint density at radius 3 is 2.57 bits per heavy atom. The largest absolute Gasteiger partial charge is 0.508 e. The third kappa shape index (κ3) is 3.45. The molecule has 0 aliphatic carbocycles. The van der Waals surface area contributed by atoms with Gasteiger partial charge in [0.05, 0.1) is 6.54 Å². The van der Waals surface area contributed by atoms with Crippen LogP contribution in [-0.2, 0) is 4.79 Å². The summed E-state index contributed by atoms with van der Waals surface area (Å²) in [7, 11) is 0. The molecule has 0 radical (unpaired) electrons. The van der Waals surface area contributed by atoms with Gasteiger partial charge in [0.15, 0.2) is 0 Å². The molecule has 1 rings (SSSR count). The van der Waals surface area contributed by atoms with E-state index in [0.29, 0.717) is 12.2 Å². The molecule has 0 aliphatic heterocycles. The van der Waals surface area contributed by atoms with E-state index in [1.165, 1.54) is 12.1 Å². The SMILES string of the molecule is CCNCC(=O)Nc1ccc(O)cc1. The number of phenolic OH excluding ortho intramolecular Hbond substituents is 1. The Kier molecular flexibility index (Phi) is 3.94. The highest BCUT2D eigenvalue weighted by molar-refractivity contribution is 5.92. The van der Waals surface area contributed by atoms with E-state index in [1.807, 2.05) is 6.92 Å². The van der Waals surface area contributed by atoms with E-state index in [4.69, 9.17) is 5.11 Å². The summed E-state index contributed by atoms with van der Waals surface area (Å²) in [6, 6.07) is 6.37. The summed E-state index contributed by atoms with van der Waals surface area (Å²) in [4.78, 5) is 11.2. The molecule has 0 unspecified atom stereocenters. The first-order valence-electron chi connectivity index (χ1n) is 4.52. The van der Waals surface area contributed by atoms with Gasteiger partial charge in [-0.05, 0) is 30.8 Å². The van der Waals surface area contributed by atoms with E-state index < -0.39 is 0 Å². The number of phenols is 1. The van der Waals surface area contributed by atoms with Gasteiger partial charge in [0, 0.05) is 5.69 Å². The highest BCUT2D eigenvalue weighted by Gasteiger charge is 2.00. The quantitative estimate of drug-likeness (QED) is 0.625. The molecular formula is C10H14N2O2. The first-order chi connectivity index (χ1) is 6.72. The molecule has 0 aromatic heterocycles. The van der Waals surface area contributed by atoms with Gasteiger partial charge in [-0.3, -0.25) is 4.79 Å². The molecule has 0 saturated carbocycles. The molecule has 14 heavy (non-hydrogen) atoms. The number of aromatic hydroxyl groups is 1. The molecule has 76 valence electrons.